The van der Waals surface area contributed by atoms with Crippen molar-refractivity contribution in [2.75, 3.05) is 13.6 Å². The molecule has 0 saturated carbocycles. The molecule has 0 aliphatic rings. The number of amides is 2. The lowest BCUT2D eigenvalue weighted by Crippen LogP contribution is -2.37. The van der Waals surface area contributed by atoms with Crippen molar-refractivity contribution in [3.8, 4) is 0 Å². The number of hydrogen-bond donors (Lipinski definition) is 1. The summed E-state index contributed by atoms with van der Waals surface area (Å²) in [5.41, 5.74) is 2.87. The Morgan fingerprint density at radius 2 is 2.17 bits per heavy atom. The van der Waals surface area contributed by atoms with E-state index in [1.54, 1.807) is 11.9 Å². The zero-order valence-corrected chi connectivity index (χ0v) is 14.2. The van der Waals surface area contributed by atoms with Crippen molar-refractivity contribution in [3.05, 3.63) is 71.1 Å². The molecule has 0 saturated heterocycles. The number of halogens is 1. The number of rotatable bonds is 5. The lowest BCUT2D eigenvalue weighted by atomic mass is 10.2. The Bertz CT molecular complexity index is 813. The predicted molar refractivity (Wildman–Crippen MR) is 95.2 cm³/mol. The first-order valence-electron chi connectivity index (χ1n) is 7.78. The van der Waals surface area contributed by atoms with E-state index < -0.39 is 0 Å². The summed E-state index contributed by atoms with van der Waals surface area (Å²) >= 11 is 5.96. The SMILES string of the molecule is CN(Cc1cccc(Cl)c1)C(=O)NCCc1cn2ccccc2n1. The van der Waals surface area contributed by atoms with Crippen molar-refractivity contribution in [2.24, 2.45) is 0 Å². The minimum atomic E-state index is -0.112. The van der Waals surface area contributed by atoms with Gasteiger partial charge in [-0.15, -0.1) is 0 Å². The predicted octanol–water partition coefficient (Wildman–Crippen LogP) is 3.37. The second-order valence-corrected chi connectivity index (χ2v) is 6.10. The number of carbonyl (C=O) groups is 1. The molecule has 2 amide bonds. The first-order chi connectivity index (χ1) is 11.6. The van der Waals surface area contributed by atoms with Gasteiger partial charge in [0.25, 0.3) is 0 Å². The van der Waals surface area contributed by atoms with Crippen LogP contribution in [0.3, 0.4) is 0 Å². The third-order valence-corrected chi connectivity index (χ3v) is 3.96. The van der Waals surface area contributed by atoms with Crippen LogP contribution in [0.15, 0.2) is 54.9 Å². The molecule has 2 aromatic heterocycles. The van der Waals surface area contributed by atoms with Crippen LogP contribution in [0.5, 0.6) is 0 Å². The first kappa shape index (κ1) is 16.3. The van der Waals surface area contributed by atoms with Crippen LogP contribution in [-0.4, -0.2) is 33.9 Å². The number of fused-ring (bicyclic) bond motifs is 1. The summed E-state index contributed by atoms with van der Waals surface area (Å²) in [6.07, 6.45) is 4.64. The number of nitrogens with one attached hydrogen (secondary N) is 1. The van der Waals surface area contributed by atoms with Crippen LogP contribution >= 0.6 is 11.6 Å². The van der Waals surface area contributed by atoms with Gasteiger partial charge in [0.1, 0.15) is 5.65 Å². The summed E-state index contributed by atoms with van der Waals surface area (Å²) in [4.78, 5) is 18.3. The summed E-state index contributed by atoms with van der Waals surface area (Å²) in [6.45, 7) is 1.06. The van der Waals surface area contributed by atoms with Crippen LogP contribution in [-0.2, 0) is 13.0 Å². The highest BCUT2D eigenvalue weighted by atomic mass is 35.5. The molecule has 6 heteroatoms. The molecule has 124 valence electrons. The lowest BCUT2D eigenvalue weighted by molar-refractivity contribution is 0.207. The third kappa shape index (κ3) is 4.06. The number of hydrogen-bond acceptors (Lipinski definition) is 2. The Morgan fingerprint density at radius 3 is 2.96 bits per heavy atom. The van der Waals surface area contributed by atoms with Gasteiger partial charge in [-0.05, 0) is 29.8 Å². The average Bonchev–Trinajstić information content (AvgIpc) is 2.97. The van der Waals surface area contributed by atoms with Crippen LogP contribution < -0.4 is 5.32 Å². The fourth-order valence-electron chi connectivity index (χ4n) is 2.52. The van der Waals surface area contributed by atoms with E-state index in [-0.39, 0.29) is 6.03 Å². The van der Waals surface area contributed by atoms with E-state index in [0.29, 0.717) is 24.5 Å². The summed E-state index contributed by atoms with van der Waals surface area (Å²) in [5, 5.41) is 3.59. The lowest BCUT2D eigenvalue weighted by Gasteiger charge is -2.18. The van der Waals surface area contributed by atoms with Crippen molar-refractivity contribution >= 4 is 23.3 Å². The van der Waals surface area contributed by atoms with Crippen molar-refractivity contribution in [1.82, 2.24) is 19.6 Å². The molecule has 24 heavy (non-hydrogen) atoms. The molecule has 2 heterocycles. The maximum absolute atomic E-state index is 12.2. The number of nitrogens with zero attached hydrogens (tertiary/aromatic N) is 3. The molecule has 1 N–H and O–H groups in total. The first-order valence-corrected chi connectivity index (χ1v) is 8.15. The number of urea groups is 1. The van der Waals surface area contributed by atoms with Crippen molar-refractivity contribution in [3.63, 3.8) is 0 Å². The molecule has 3 aromatic rings. The molecule has 1 aromatic carbocycles. The maximum Gasteiger partial charge on any atom is 0.317 e. The van der Waals surface area contributed by atoms with E-state index in [0.717, 1.165) is 16.9 Å². The number of imidazole rings is 1. The van der Waals surface area contributed by atoms with E-state index in [4.69, 9.17) is 11.6 Å². The highest BCUT2D eigenvalue weighted by Crippen LogP contribution is 2.12. The summed E-state index contributed by atoms with van der Waals surface area (Å²) in [6, 6.07) is 13.3. The fraction of sp³-hybridized carbons (Fsp3) is 0.222. The molecule has 0 spiro atoms. The number of aromatic nitrogens is 2. The van der Waals surface area contributed by atoms with Gasteiger partial charge in [-0.25, -0.2) is 9.78 Å². The molecular weight excluding hydrogens is 324 g/mol. The van der Waals surface area contributed by atoms with Crippen molar-refractivity contribution in [2.45, 2.75) is 13.0 Å². The molecule has 0 atom stereocenters. The second-order valence-electron chi connectivity index (χ2n) is 5.67. The normalized spacial score (nSPS) is 10.8. The van der Waals surface area contributed by atoms with E-state index in [1.807, 2.05) is 59.3 Å². The highest BCUT2D eigenvalue weighted by molar-refractivity contribution is 6.30. The largest absolute Gasteiger partial charge is 0.338 e. The molecule has 0 bridgehead atoms. The van der Waals surface area contributed by atoms with Crippen LogP contribution in [0.1, 0.15) is 11.3 Å². The van der Waals surface area contributed by atoms with E-state index >= 15 is 0 Å². The molecule has 0 radical (unpaired) electrons. The summed E-state index contributed by atoms with van der Waals surface area (Å²) in [5.74, 6) is 0. The van der Waals surface area contributed by atoms with Gasteiger partial charge in [-0.2, -0.15) is 0 Å². The Labute approximate surface area is 145 Å². The standard InChI is InChI=1S/C18H19ClN4O/c1-22(12-14-5-4-6-15(19)11-14)18(24)20-9-8-16-13-23-10-3-2-7-17(23)21-16/h2-7,10-11,13H,8-9,12H2,1H3,(H,20,24). The van der Waals surface area contributed by atoms with Gasteiger partial charge in [-0.3, -0.25) is 0 Å². The maximum atomic E-state index is 12.2. The second kappa shape index (κ2) is 7.36. The van der Waals surface area contributed by atoms with Gasteiger partial charge >= 0.3 is 6.03 Å². The Balaban J connectivity index is 1.49. The molecule has 0 unspecified atom stereocenters. The smallest absolute Gasteiger partial charge is 0.317 e. The van der Waals surface area contributed by atoms with Crippen molar-refractivity contribution < 1.29 is 4.79 Å². The van der Waals surface area contributed by atoms with Gasteiger partial charge in [0.05, 0.1) is 5.69 Å². The highest BCUT2D eigenvalue weighted by Gasteiger charge is 2.09. The van der Waals surface area contributed by atoms with Gasteiger partial charge < -0.3 is 14.6 Å². The molecule has 3 rings (SSSR count). The fourth-order valence-corrected chi connectivity index (χ4v) is 2.73. The molecule has 5 nitrogen and oxygen atoms in total. The Hall–Kier alpha value is -2.53. The van der Waals surface area contributed by atoms with E-state index in [9.17, 15) is 4.79 Å². The Kier molecular flexibility index (Phi) is 5.01. The third-order valence-electron chi connectivity index (χ3n) is 3.73. The van der Waals surface area contributed by atoms with E-state index in [2.05, 4.69) is 10.3 Å². The number of benzene rings is 1. The monoisotopic (exact) mass is 342 g/mol. The van der Waals surface area contributed by atoms with E-state index in [1.165, 1.54) is 0 Å². The van der Waals surface area contributed by atoms with Crippen LogP contribution in [0.4, 0.5) is 4.79 Å². The molecule has 0 aliphatic carbocycles. The van der Waals surface area contributed by atoms with Gasteiger partial charge in [-0.1, -0.05) is 29.8 Å². The topological polar surface area (TPSA) is 49.6 Å². The minimum Gasteiger partial charge on any atom is -0.338 e. The quantitative estimate of drug-likeness (QED) is 0.772. The van der Waals surface area contributed by atoms with Gasteiger partial charge in [0.2, 0.25) is 0 Å². The zero-order chi connectivity index (χ0) is 16.9. The van der Waals surface area contributed by atoms with Crippen LogP contribution in [0.25, 0.3) is 5.65 Å². The van der Waals surface area contributed by atoms with Crippen molar-refractivity contribution in [1.29, 1.82) is 0 Å². The average molecular weight is 343 g/mol. The van der Waals surface area contributed by atoms with Gasteiger partial charge in [0, 0.05) is 44.0 Å². The number of carbonyl (C=O) groups excluding carboxylic acids is 1. The zero-order valence-electron chi connectivity index (χ0n) is 13.4. The summed E-state index contributed by atoms with van der Waals surface area (Å²) < 4.78 is 1.97. The molecule has 0 aliphatic heterocycles. The van der Waals surface area contributed by atoms with Gasteiger partial charge in [0.15, 0.2) is 0 Å². The minimum absolute atomic E-state index is 0.112. The molecule has 0 fully saturated rings. The number of pyridine rings is 1. The molecular formula is C18H19ClN4O. The van der Waals surface area contributed by atoms with Crippen LogP contribution in [0.2, 0.25) is 5.02 Å². The Morgan fingerprint density at radius 1 is 1.29 bits per heavy atom. The van der Waals surface area contributed by atoms with Crippen LogP contribution in [0, 0.1) is 0 Å². The summed E-state index contributed by atoms with van der Waals surface area (Å²) in [7, 11) is 1.77.